The fourth-order valence-electron chi connectivity index (χ4n) is 0.533. The maximum absolute atomic E-state index is 3.63. The standard InChI is InChI=1S/C8H15N/c1-3-4-5-6-7-8-9-2/h3,6-7,9H,1,4-5,8H2,2H3/b7-6+. The maximum atomic E-state index is 3.63. The second-order valence-corrected chi connectivity index (χ2v) is 1.90. The third kappa shape index (κ3) is 7.44. The first kappa shape index (κ1) is 8.44. The molecule has 0 spiro atoms. The topological polar surface area (TPSA) is 12.0 Å². The van der Waals surface area contributed by atoms with Gasteiger partial charge in [0.2, 0.25) is 0 Å². The van der Waals surface area contributed by atoms with Gasteiger partial charge in [-0.1, -0.05) is 18.2 Å². The van der Waals surface area contributed by atoms with E-state index in [0.717, 1.165) is 19.4 Å². The highest BCUT2D eigenvalue weighted by Gasteiger charge is 1.72. The molecular formula is C8H15N. The molecule has 0 aliphatic carbocycles. The Balaban J connectivity index is 2.94. The molecule has 0 aromatic carbocycles. The van der Waals surface area contributed by atoms with E-state index in [4.69, 9.17) is 0 Å². The Morgan fingerprint density at radius 3 is 2.67 bits per heavy atom. The van der Waals surface area contributed by atoms with Crippen LogP contribution >= 0.6 is 0 Å². The van der Waals surface area contributed by atoms with Crippen molar-refractivity contribution in [3.05, 3.63) is 24.8 Å². The van der Waals surface area contributed by atoms with E-state index in [9.17, 15) is 0 Å². The van der Waals surface area contributed by atoms with Crippen LogP contribution in [0, 0.1) is 0 Å². The molecule has 0 bridgehead atoms. The van der Waals surface area contributed by atoms with E-state index < -0.39 is 0 Å². The van der Waals surface area contributed by atoms with Gasteiger partial charge in [-0.15, -0.1) is 6.58 Å². The molecule has 0 amide bonds. The van der Waals surface area contributed by atoms with Crippen LogP contribution in [-0.2, 0) is 0 Å². The summed E-state index contributed by atoms with van der Waals surface area (Å²) >= 11 is 0. The molecule has 0 saturated carbocycles. The van der Waals surface area contributed by atoms with Crippen molar-refractivity contribution in [1.82, 2.24) is 5.32 Å². The van der Waals surface area contributed by atoms with Crippen LogP contribution in [0.2, 0.25) is 0 Å². The summed E-state index contributed by atoms with van der Waals surface area (Å²) in [6, 6.07) is 0. The molecule has 1 N–H and O–H groups in total. The van der Waals surface area contributed by atoms with Crippen LogP contribution in [0.3, 0.4) is 0 Å². The van der Waals surface area contributed by atoms with Crippen LogP contribution in [0.1, 0.15) is 12.8 Å². The second-order valence-electron chi connectivity index (χ2n) is 1.90. The van der Waals surface area contributed by atoms with Gasteiger partial charge in [-0.3, -0.25) is 0 Å². The molecule has 1 nitrogen and oxygen atoms in total. The van der Waals surface area contributed by atoms with Crippen LogP contribution in [0.4, 0.5) is 0 Å². The van der Waals surface area contributed by atoms with Crippen LogP contribution in [0.15, 0.2) is 24.8 Å². The zero-order valence-electron chi connectivity index (χ0n) is 6.06. The van der Waals surface area contributed by atoms with Crippen molar-refractivity contribution in [1.29, 1.82) is 0 Å². The lowest BCUT2D eigenvalue weighted by Gasteiger charge is -1.86. The monoisotopic (exact) mass is 125 g/mol. The van der Waals surface area contributed by atoms with Gasteiger partial charge in [0.1, 0.15) is 0 Å². The first-order valence-electron chi connectivity index (χ1n) is 3.32. The van der Waals surface area contributed by atoms with Crippen molar-refractivity contribution >= 4 is 0 Å². The molecule has 0 fully saturated rings. The van der Waals surface area contributed by atoms with Gasteiger partial charge in [-0.05, 0) is 19.9 Å². The summed E-state index contributed by atoms with van der Waals surface area (Å²) in [5.41, 5.74) is 0. The van der Waals surface area contributed by atoms with Crippen molar-refractivity contribution in [3.8, 4) is 0 Å². The molecule has 1 heteroatoms. The van der Waals surface area contributed by atoms with E-state index in [1.165, 1.54) is 0 Å². The Kier molecular flexibility index (Phi) is 6.98. The van der Waals surface area contributed by atoms with Crippen molar-refractivity contribution in [2.75, 3.05) is 13.6 Å². The van der Waals surface area contributed by atoms with Crippen molar-refractivity contribution < 1.29 is 0 Å². The van der Waals surface area contributed by atoms with Gasteiger partial charge in [0.05, 0.1) is 0 Å². The largest absolute Gasteiger partial charge is 0.316 e. The summed E-state index contributed by atoms with van der Waals surface area (Å²) in [4.78, 5) is 0. The minimum atomic E-state index is 0.969. The summed E-state index contributed by atoms with van der Waals surface area (Å²) in [5, 5.41) is 3.03. The quantitative estimate of drug-likeness (QED) is 0.436. The van der Waals surface area contributed by atoms with Gasteiger partial charge in [-0.2, -0.15) is 0 Å². The van der Waals surface area contributed by atoms with Gasteiger partial charge in [0.15, 0.2) is 0 Å². The molecular weight excluding hydrogens is 110 g/mol. The van der Waals surface area contributed by atoms with E-state index in [0.29, 0.717) is 0 Å². The first-order valence-corrected chi connectivity index (χ1v) is 3.32. The number of hydrogen-bond donors (Lipinski definition) is 1. The lowest BCUT2D eigenvalue weighted by molar-refractivity contribution is 0.911. The fourth-order valence-corrected chi connectivity index (χ4v) is 0.533. The maximum Gasteiger partial charge on any atom is 0.0131 e. The highest BCUT2D eigenvalue weighted by Crippen LogP contribution is 1.89. The molecule has 0 atom stereocenters. The van der Waals surface area contributed by atoms with Crippen LogP contribution in [-0.4, -0.2) is 13.6 Å². The molecule has 9 heavy (non-hydrogen) atoms. The average molecular weight is 125 g/mol. The minimum absolute atomic E-state index is 0.969. The van der Waals surface area contributed by atoms with Gasteiger partial charge in [-0.25, -0.2) is 0 Å². The van der Waals surface area contributed by atoms with E-state index in [1.807, 2.05) is 13.1 Å². The molecule has 0 rings (SSSR count). The van der Waals surface area contributed by atoms with Gasteiger partial charge < -0.3 is 5.32 Å². The number of nitrogens with one attached hydrogen (secondary N) is 1. The summed E-state index contributed by atoms with van der Waals surface area (Å²) in [7, 11) is 1.94. The number of hydrogen-bond acceptors (Lipinski definition) is 1. The van der Waals surface area contributed by atoms with Crippen molar-refractivity contribution in [2.45, 2.75) is 12.8 Å². The second kappa shape index (κ2) is 7.44. The van der Waals surface area contributed by atoms with Crippen LogP contribution in [0.25, 0.3) is 0 Å². The Morgan fingerprint density at radius 2 is 2.11 bits per heavy atom. The SMILES string of the molecule is C=CCC/C=C/CNC. The van der Waals surface area contributed by atoms with E-state index in [-0.39, 0.29) is 0 Å². The molecule has 0 aliphatic rings. The smallest absolute Gasteiger partial charge is 0.0131 e. The molecule has 0 aromatic heterocycles. The minimum Gasteiger partial charge on any atom is -0.316 e. The third-order valence-corrected chi connectivity index (χ3v) is 1.03. The highest BCUT2D eigenvalue weighted by molar-refractivity contribution is 4.85. The number of likely N-dealkylation sites (N-methyl/N-ethyl adjacent to an activating group) is 1. The molecule has 0 heterocycles. The van der Waals surface area contributed by atoms with Crippen molar-refractivity contribution in [2.24, 2.45) is 0 Å². The zero-order chi connectivity index (χ0) is 6.95. The fraction of sp³-hybridized carbons (Fsp3) is 0.500. The van der Waals surface area contributed by atoms with E-state index >= 15 is 0 Å². The molecule has 0 aliphatic heterocycles. The third-order valence-electron chi connectivity index (χ3n) is 1.03. The Morgan fingerprint density at radius 1 is 1.33 bits per heavy atom. The van der Waals surface area contributed by atoms with Gasteiger partial charge >= 0.3 is 0 Å². The lowest BCUT2D eigenvalue weighted by Crippen LogP contribution is -2.03. The summed E-state index contributed by atoms with van der Waals surface area (Å²) < 4.78 is 0. The zero-order valence-corrected chi connectivity index (χ0v) is 6.06. The highest BCUT2D eigenvalue weighted by atomic mass is 14.8. The number of allylic oxidation sites excluding steroid dienone is 2. The van der Waals surface area contributed by atoms with Crippen LogP contribution in [0.5, 0.6) is 0 Å². The predicted octanol–water partition coefficient (Wildman–Crippen LogP) is 1.73. The molecule has 0 saturated heterocycles. The molecule has 0 aromatic rings. The Hall–Kier alpha value is -0.560. The number of rotatable bonds is 5. The average Bonchev–Trinajstić information content (AvgIpc) is 1.89. The number of unbranched alkanes of at least 4 members (excludes halogenated alkanes) is 1. The summed E-state index contributed by atoms with van der Waals surface area (Å²) in [6.45, 7) is 4.60. The normalized spacial score (nSPS) is 10.3. The van der Waals surface area contributed by atoms with Crippen molar-refractivity contribution in [3.63, 3.8) is 0 Å². The molecule has 52 valence electrons. The lowest BCUT2D eigenvalue weighted by atomic mass is 10.3. The van der Waals surface area contributed by atoms with Crippen LogP contribution < -0.4 is 5.32 Å². The van der Waals surface area contributed by atoms with Gasteiger partial charge in [0, 0.05) is 6.54 Å². The Bertz CT molecular complexity index is 84.6. The summed E-state index contributed by atoms with van der Waals surface area (Å²) in [6.07, 6.45) is 8.43. The predicted molar refractivity (Wildman–Crippen MR) is 42.5 cm³/mol. The van der Waals surface area contributed by atoms with Gasteiger partial charge in [0.25, 0.3) is 0 Å². The summed E-state index contributed by atoms with van der Waals surface area (Å²) in [5.74, 6) is 0. The molecule has 0 unspecified atom stereocenters. The molecule has 0 radical (unpaired) electrons. The van der Waals surface area contributed by atoms with E-state index in [1.54, 1.807) is 0 Å². The first-order chi connectivity index (χ1) is 4.41. The Labute approximate surface area is 57.5 Å². The van der Waals surface area contributed by atoms with E-state index in [2.05, 4.69) is 24.0 Å².